The monoisotopic (exact) mass is 461 g/mol. The number of benzene rings is 1. The van der Waals surface area contributed by atoms with Crippen LogP contribution in [0.3, 0.4) is 0 Å². The number of aromatic amines is 1. The van der Waals surface area contributed by atoms with Crippen LogP contribution in [0.25, 0.3) is 0 Å². The molecular weight excluding hydrogens is 451 g/mol. The number of carbonyl (C=O) groups excluding carboxylic acids is 3. The summed E-state index contributed by atoms with van der Waals surface area (Å²) < 4.78 is 31.4. The first-order valence-electron chi connectivity index (χ1n) is 8.13. The summed E-state index contributed by atoms with van der Waals surface area (Å²) in [4.78, 5) is 38.7. The molecule has 0 aliphatic carbocycles. The predicted octanol–water partition coefficient (Wildman–Crippen LogP) is -1.81. The van der Waals surface area contributed by atoms with E-state index < -0.39 is 35.3 Å². The Bertz CT molecular complexity index is 1170. The normalized spacial score (nSPS) is 10.3. The fourth-order valence-electron chi connectivity index (χ4n) is 2.32. The van der Waals surface area contributed by atoms with Crippen LogP contribution in [0.2, 0.25) is 5.02 Å². The molecule has 156 valence electrons. The van der Waals surface area contributed by atoms with Gasteiger partial charge in [0.25, 0.3) is 11.8 Å². The molecule has 10 nitrogen and oxygen atoms in total. The van der Waals surface area contributed by atoms with Crippen molar-refractivity contribution in [3.63, 3.8) is 0 Å². The minimum absolute atomic E-state index is 0. The largest absolute Gasteiger partial charge is 1.00 e. The van der Waals surface area contributed by atoms with Gasteiger partial charge < -0.3 is 25.0 Å². The van der Waals surface area contributed by atoms with Gasteiger partial charge >= 0.3 is 29.6 Å². The average Bonchev–Trinajstić information content (AvgIpc) is 3.29. The first-order chi connectivity index (χ1) is 14.2. The van der Waals surface area contributed by atoms with Gasteiger partial charge in [0, 0.05) is 6.07 Å². The number of nitrogens with one attached hydrogen (secondary N) is 3. The number of carbonyl (C=O) groups is 3. The third-order valence-electron chi connectivity index (χ3n) is 3.79. The van der Waals surface area contributed by atoms with E-state index in [0.29, 0.717) is 12.1 Å². The van der Waals surface area contributed by atoms with Crippen LogP contribution >= 0.6 is 11.6 Å². The van der Waals surface area contributed by atoms with E-state index in [1.54, 1.807) is 0 Å². The molecule has 0 aliphatic heterocycles. The number of H-pyrrole nitrogens is 1. The van der Waals surface area contributed by atoms with Crippen molar-refractivity contribution in [3.8, 4) is 0 Å². The second kappa shape index (κ2) is 10.0. The van der Waals surface area contributed by atoms with Gasteiger partial charge in [0.15, 0.2) is 17.3 Å². The number of hydrogen-bond donors (Lipinski definition) is 3. The zero-order chi connectivity index (χ0) is 22.0. The quantitative estimate of drug-likeness (QED) is 0.289. The number of nitrogens with zero attached hydrogens (tertiary/aromatic N) is 2. The van der Waals surface area contributed by atoms with Crippen LogP contribution in [-0.2, 0) is 6.54 Å². The zero-order valence-electron chi connectivity index (χ0n) is 16.0. The van der Waals surface area contributed by atoms with Gasteiger partial charge in [0.05, 0.1) is 22.8 Å². The molecule has 0 spiro atoms. The fourth-order valence-corrected chi connectivity index (χ4v) is 2.55. The maximum absolute atomic E-state index is 13.3. The van der Waals surface area contributed by atoms with Crippen LogP contribution < -0.4 is 45.3 Å². The summed E-state index contributed by atoms with van der Waals surface area (Å²) in [6.07, 6.45) is 0. The number of carboxylic acids is 1. The van der Waals surface area contributed by atoms with Crippen LogP contribution in [-0.4, -0.2) is 33.0 Å². The molecule has 2 amide bonds. The van der Waals surface area contributed by atoms with Gasteiger partial charge in [-0.2, -0.15) is 5.10 Å². The second-order valence-electron chi connectivity index (χ2n) is 5.86. The summed E-state index contributed by atoms with van der Waals surface area (Å²) in [7, 11) is 0. The van der Waals surface area contributed by atoms with Gasteiger partial charge in [0.2, 0.25) is 5.89 Å². The number of halogens is 3. The molecule has 1 aromatic carbocycles. The summed E-state index contributed by atoms with van der Waals surface area (Å²) >= 11 is 5.74. The summed E-state index contributed by atoms with van der Waals surface area (Å²) in [5.74, 6) is -6.10. The van der Waals surface area contributed by atoms with Crippen molar-refractivity contribution in [2.45, 2.75) is 13.5 Å². The van der Waals surface area contributed by atoms with E-state index in [2.05, 4.69) is 25.8 Å². The van der Waals surface area contributed by atoms with Crippen LogP contribution in [0.4, 0.5) is 14.6 Å². The van der Waals surface area contributed by atoms with Crippen LogP contribution in [0.1, 0.15) is 43.0 Å². The molecular formula is C17H11ClF2N5NaO5. The topological polar surface area (TPSA) is 153 Å². The molecule has 3 rings (SSSR count). The Morgan fingerprint density at radius 1 is 1.19 bits per heavy atom. The van der Waals surface area contributed by atoms with Gasteiger partial charge in [-0.05, 0) is 19.1 Å². The summed E-state index contributed by atoms with van der Waals surface area (Å²) in [5, 5.41) is 21.3. The number of rotatable bonds is 6. The number of aromatic carboxylic acids is 1. The molecule has 3 N–H and O–H groups in total. The maximum Gasteiger partial charge on any atom is 1.00 e. The molecule has 0 atom stereocenters. The smallest absolute Gasteiger partial charge is 0.540 e. The van der Waals surface area contributed by atoms with Crippen molar-refractivity contribution in [1.82, 2.24) is 20.5 Å². The number of amides is 2. The van der Waals surface area contributed by atoms with E-state index >= 15 is 0 Å². The molecule has 2 aromatic heterocycles. The van der Waals surface area contributed by atoms with Crippen LogP contribution in [0, 0.1) is 18.6 Å². The first-order valence-corrected chi connectivity index (χ1v) is 8.50. The molecule has 14 heteroatoms. The van der Waals surface area contributed by atoms with Gasteiger partial charge in [-0.3, -0.25) is 14.7 Å². The zero-order valence-corrected chi connectivity index (χ0v) is 18.8. The number of anilines is 1. The third kappa shape index (κ3) is 5.67. The number of carboxylic acid groups (broad SMARTS) is 1. The van der Waals surface area contributed by atoms with Crippen molar-refractivity contribution in [1.29, 1.82) is 0 Å². The Morgan fingerprint density at radius 2 is 1.87 bits per heavy atom. The fraction of sp³-hybridized carbons (Fsp3) is 0.118. The molecule has 0 saturated carbocycles. The third-order valence-corrected chi connectivity index (χ3v) is 4.10. The number of aromatic nitrogens is 3. The van der Waals surface area contributed by atoms with Gasteiger partial charge in [0.1, 0.15) is 17.5 Å². The van der Waals surface area contributed by atoms with Gasteiger partial charge in [-0.15, -0.1) is 0 Å². The predicted molar refractivity (Wildman–Crippen MR) is 94.6 cm³/mol. The van der Waals surface area contributed by atoms with E-state index in [9.17, 15) is 28.3 Å². The second-order valence-corrected chi connectivity index (χ2v) is 6.27. The van der Waals surface area contributed by atoms with E-state index in [4.69, 9.17) is 16.0 Å². The number of aryl methyl sites for hydroxylation is 1. The van der Waals surface area contributed by atoms with Crippen molar-refractivity contribution < 1.29 is 62.2 Å². The Labute approximate surface area is 199 Å². The minimum atomic E-state index is -1.59. The van der Waals surface area contributed by atoms with E-state index in [1.165, 1.54) is 13.0 Å². The Morgan fingerprint density at radius 3 is 2.52 bits per heavy atom. The molecule has 31 heavy (non-hydrogen) atoms. The van der Waals surface area contributed by atoms with Gasteiger partial charge in [-0.25, -0.2) is 13.8 Å². The van der Waals surface area contributed by atoms with Gasteiger partial charge in [-0.1, -0.05) is 11.6 Å². The summed E-state index contributed by atoms with van der Waals surface area (Å²) in [6, 6.07) is 2.48. The maximum atomic E-state index is 13.3. The van der Waals surface area contributed by atoms with Crippen LogP contribution in [0.5, 0.6) is 0 Å². The van der Waals surface area contributed by atoms with Crippen molar-refractivity contribution >= 4 is 35.2 Å². The standard InChI is InChI=1S/C17H12ClF2N5O5.Na/c1-6-12(30-16(22-6)17(28)29)5-21-15(27)11-4-13(25-24-11)23-14(26)7-2-9(19)10(20)3-8(7)18;/h2-4H,5H2,1H3,(H,21,27)(H,28,29)(H2,23,24,25,26);/q;+1/p-1. The summed E-state index contributed by atoms with van der Waals surface area (Å²) in [5.41, 5.74) is -0.187. The molecule has 0 saturated heterocycles. The number of hydrogen-bond acceptors (Lipinski definition) is 7. The van der Waals surface area contributed by atoms with E-state index in [-0.39, 0.29) is 69.7 Å². The van der Waals surface area contributed by atoms with Crippen molar-refractivity contribution in [2.75, 3.05) is 5.32 Å². The first kappa shape index (κ1) is 24.5. The Balaban J connectivity index is 0.00000341. The molecule has 3 aromatic rings. The molecule has 0 radical (unpaired) electrons. The van der Waals surface area contributed by atoms with E-state index in [1.807, 2.05) is 0 Å². The summed E-state index contributed by atoms with van der Waals surface area (Å²) in [6.45, 7) is 1.31. The SMILES string of the molecule is Cc1nc(C(=O)[O-])oc1CNC(=O)c1cc(NC(=O)c2cc(F)c(F)cc2Cl)[nH]n1.[Na+]. The van der Waals surface area contributed by atoms with Crippen molar-refractivity contribution in [2.24, 2.45) is 0 Å². The number of oxazole rings is 1. The molecule has 0 aliphatic rings. The molecule has 0 fully saturated rings. The molecule has 2 heterocycles. The van der Waals surface area contributed by atoms with E-state index in [0.717, 1.165) is 0 Å². The Hall–Kier alpha value is -2.80. The van der Waals surface area contributed by atoms with Crippen LogP contribution in [0.15, 0.2) is 22.6 Å². The minimum Gasteiger partial charge on any atom is -0.540 e. The molecule has 0 bridgehead atoms. The molecule has 0 unspecified atom stereocenters. The Kier molecular flexibility index (Phi) is 7.90. The average molecular weight is 462 g/mol. The van der Waals surface area contributed by atoms with Crippen molar-refractivity contribution in [3.05, 3.63) is 63.5 Å².